The smallest absolute Gasteiger partial charge is 0.0478 e. The minimum absolute atomic E-state index is 0.740. The number of nitrogens with two attached hydrogens (primary N) is 2. The van der Waals surface area contributed by atoms with Gasteiger partial charge in [0, 0.05) is 26.4 Å². The van der Waals surface area contributed by atoms with Crippen LogP contribution >= 0.6 is 0 Å². The first-order valence-corrected chi connectivity index (χ1v) is 10.8. The van der Waals surface area contributed by atoms with Crippen LogP contribution < -0.4 is 11.5 Å². The first-order valence-electron chi connectivity index (χ1n) is 10.8. The molecular formula is C22H52N2O2. The lowest BCUT2D eigenvalue weighted by atomic mass is 10.1. The third-order valence-corrected chi connectivity index (χ3v) is 3.13. The first kappa shape index (κ1) is 30.6. The SMILES string of the molecule is CC(C)C.CC(C)CCCOCCCN.CC(C)CCCOCCCN. The highest BCUT2D eigenvalue weighted by atomic mass is 16.5. The lowest BCUT2D eigenvalue weighted by Crippen LogP contribution is -2.05. The van der Waals surface area contributed by atoms with Crippen molar-refractivity contribution in [2.75, 3.05) is 39.5 Å². The molecule has 4 nitrogen and oxygen atoms in total. The fraction of sp³-hybridized carbons (Fsp3) is 1.00. The maximum absolute atomic E-state index is 5.34. The van der Waals surface area contributed by atoms with E-state index in [1.165, 1.54) is 25.7 Å². The number of ether oxygens (including phenoxy) is 2. The van der Waals surface area contributed by atoms with E-state index in [1.807, 2.05) is 0 Å². The molecule has 4 N–H and O–H groups in total. The Morgan fingerprint density at radius 1 is 0.538 bits per heavy atom. The summed E-state index contributed by atoms with van der Waals surface area (Å²) in [5, 5.41) is 0. The van der Waals surface area contributed by atoms with E-state index in [4.69, 9.17) is 20.9 Å². The van der Waals surface area contributed by atoms with Gasteiger partial charge in [0.25, 0.3) is 0 Å². The van der Waals surface area contributed by atoms with E-state index >= 15 is 0 Å². The second-order valence-corrected chi connectivity index (χ2v) is 8.31. The maximum Gasteiger partial charge on any atom is 0.0478 e. The Balaban J connectivity index is -0.000000338. The van der Waals surface area contributed by atoms with Crippen LogP contribution in [0.25, 0.3) is 0 Å². The first-order chi connectivity index (χ1) is 12.3. The van der Waals surface area contributed by atoms with Gasteiger partial charge in [-0.3, -0.25) is 0 Å². The summed E-state index contributed by atoms with van der Waals surface area (Å²) in [6.45, 7) is 20.4. The number of hydrogen-bond acceptors (Lipinski definition) is 4. The van der Waals surface area contributed by atoms with Gasteiger partial charge in [0.15, 0.2) is 0 Å². The van der Waals surface area contributed by atoms with Crippen molar-refractivity contribution < 1.29 is 9.47 Å². The van der Waals surface area contributed by atoms with Gasteiger partial charge in [-0.25, -0.2) is 0 Å². The Morgan fingerprint density at radius 3 is 1.04 bits per heavy atom. The van der Waals surface area contributed by atoms with Crippen LogP contribution in [-0.4, -0.2) is 39.5 Å². The van der Waals surface area contributed by atoms with E-state index in [0.29, 0.717) is 0 Å². The normalized spacial score (nSPS) is 10.6. The van der Waals surface area contributed by atoms with Crippen LogP contribution in [0, 0.1) is 17.8 Å². The van der Waals surface area contributed by atoms with Crippen LogP contribution in [0.1, 0.15) is 87.0 Å². The molecule has 0 aliphatic carbocycles. The number of hydrogen-bond donors (Lipinski definition) is 2. The van der Waals surface area contributed by atoms with E-state index in [1.54, 1.807) is 0 Å². The zero-order valence-electron chi connectivity index (χ0n) is 19.2. The van der Waals surface area contributed by atoms with Crippen molar-refractivity contribution in [1.29, 1.82) is 0 Å². The Hall–Kier alpha value is -0.160. The summed E-state index contributed by atoms with van der Waals surface area (Å²) in [5.74, 6) is 2.43. The third-order valence-electron chi connectivity index (χ3n) is 3.13. The molecule has 0 saturated carbocycles. The summed E-state index contributed by atoms with van der Waals surface area (Å²) in [5.41, 5.74) is 10.6. The van der Waals surface area contributed by atoms with Gasteiger partial charge in [0.05, 0.1) is 0 Å². The fourth-order valence-corrected chi connectivity index (χ4v) is 1.76. The van der Waals surface area contributed by atoms with Crippen molar-refractivity contribution in [2.24, 2.45) is 29.2 Å². The van der Waals surface area contributed by atoms with Crippen molar-refractivity contribution >= 4 is 0 Å². The molecule has 0 amide bonds. The minimum Gasteiger partial charge on any atom is -0.381 e. The van der Waals surface area contributed by atoms with Gasteiger partial charge in [-0.1, -0.05) is 48.5 Å². The fourth-order valence-electron chi connectivity index (χ4n) is 1.76. The van der Waals surface area contributed by atoms with Crippen LogP contribution in [0.4, 0.5) is 0 Å². The van der Waals surface area contributed by atoms with Crippen molar-refractivity contribution in [3.05, 3.63) is 0 Å². The molecule has 0 aromatic heterocycles. The second kappa shape index (κ2) is 27.1. The zero-order chi connectivity index (χ0) is 20.6. The van der Waals surface area contributed by atoms with Gasteiger partial charge in [-0.15, -0.1) is 0 Å². The summed E-state index contributed by atoms with van der Waals surface area (Å²) in [6, 6.07) is 0. The average Bonchev–Trinajstić information content (AvgIpc) is 2.54. The molecule has 0 spiro atoms. The molecule has 0 heterocycles. The molecule has 0 radical (unpaired) electrons. The van der Waals surface area contributed by atoms with Crippen LogP contribution in [0.5, 0.6) is 0 Å². The summed E-state index contributed by atoms with van der Waals surface area (Å²) in [6.07, 6.45) is 6.87. The standard InChI is InChI=1S/2C9H21NO.C4H10/c2*1-9(2)5-3-7-11-8-4-6-10;1-4(2)3/h2*9H,3-8,10H2,1-2H3;4H,1-3H3. The van der Waals surface area contributed by atoms with Crippen molar-refractivity contribution in [3.63, 3.8) is 0 Å². The third kappa shape index (κ3) is 49.6. The molecule has 0 saturated heterocycles. The summed E-state index contributed by atoms with van der Waals surface area (Å²) in [7, 11) is 0. The van der Waals surface area contributed by atoms with Gasteiger partial charge in [-0.05, 0) is 69.4 Å². The van der Waals surface area contributed by atoms with Crippen LogP contribution in [0.2, 0.25) is 0 Å². The van der Waals surface area contributed by atoms with Gasteiger partial charge in [0.1, 0.15) is 0 Å². The molecule has 0 fully saturated rings. The monoisotopic (exact) mass is 376 g/mol. The molecule has 0 aliphatic rings. The van der Waals surface area contributed by atoms with Crippen molar-refractivity contribution in [3.8, 4) is 0 Å². The van der Waals surface area contributed by atoms with Gasteiger partial charge >= 0.3 is 0 Å². The molecule has 0 unspecified atom stereocenters. The Labute approximate surface area is 165 Å². The average molecular weight is 377 g/mol. The molecule has 0 aromatic carbocycles. The molecule has 0 rings (SSSR count). The van der Waals surface area contributed by atoms with Crippen LogP contribution in [-0.2, 0) is 9.47 Å². The van der Waals surface area contributed by atoms with E-state index < -0.39 is 0 Å². The van der Waals surface area contributed by atoms with E-state index in [9.17, 15) is 0 Å². The Kier molecular flexibility index (Phi) is 31.8. The summed E-state index contributed by atoms with van der Waals surface area (Å²) < 4.78 is 10.7. The zero-order valence-corrected chi connectivity index (χ0v) is 19.2. The highest BCUT2D eigenvalue weighted by Gasteiger charge is 1.94. The van der Waals surface area contributed by atoms with E-state index in [0.717, 1.165) is 70.1 Å². The largest absolute Gasteiger partial charge is 0.381 e. The topological polar surface area (TPSA) is 70.5 Å². The highest BCUT2D eigenvalue weighted by molar-refractivity contribution is 4.45. The molecule has 162 valence electrons. The molecule has 26 heavy (non-hydrogen) atoms. The summed E-state index contributed by atoms with van der Waals surface area (Å²) in [4.78, 5) is 0. The van der Waals surface area contributed by atoms with Crippen molar-refractivity contribution in [1.82, 2.24) is 0 Å². The molecule has 0 atom stereocenters. The quantitative estimate of drug-likeness (QED) is 0.407. The van der Waals surface area contributed by atoms with E-state index in [-0.39, 0.29) is 0 Å². The predicted molar refractivity (Wildman–Crippen MR) is 118 cm³/mol. The Morgan fingerprint density at radius 2 is 0.808 bits per heavy atom. The maximum atomic E-state index is 5.34. The molecular weight excluding hydrogens is 324 g/mol. The molecule has 0 aromatic rings. The highest BCUT2D eigenvalue weighted by Crippen LogP contribution is 2.03. The van der Waals surface area contributed by atoms with Crippen LogP contribution in [0.15, 0.2) is 0 Å². The van der Waals surface area contributed by atoms with Crippen molar-refractivity contribution in [2.45, 2.75) is 87.0 Å². The van der Waals surface area contributed by atoms with Gasteiger partial charge in [0.2, 0.25) is 0 Å². The van der Waals surface area contributed by atoms with E-state index in [2.05, 4.69) is 48.5 Å². The minimum atomic E-state index is 0.740. The number of rotatable bonds is 14. The van der Waals surface area contributed by atoms with Gasteiger partial charge in [-0.2, -0.15) is 0 Å². The van der Waals surface area contributed by atoms with Crippen LogP contribution in [0.3, 0.4) is 0 Å². The molecule has 0 bridgehead atoms. The van der Waals surface area contributed by atoms with Gasteiger partial charge < -0.3 is 20.9 Å². The second-order valence-electron chi connectivity index (χ2n) is 8.31. The Bertz CT molecular complexity index is 199. The lowest BCUT2D eigenvalue weighted by Gasteiger charge is -2.04. The molecule has 4 heteroatoms. The predicted octanol–water partition coefficient (Wildman–Crippen LogP) is 5.24. The molecule has 0 aliphatic heterocycles. The lowest BCUT2D eigenvalue weighted by molar-refractivity contribution is 0.127. The summed E-state index contributed by atoms with van der Waals surface area (Å²) >= 11 is 0.